The number of ether oxygens (including phenoxy) is 3. The minimum Gasteiger partial charge on any atom is -0.481 e. The van der Waals surface area contributed by atoms with E-state index in [0.29, 0.717) is 18.3 Å². The van der Waals surface area contributed by atoms with Crippen LogP contribution in [-0.2, 0) is 11.2 Å². The number of aromatic amines is 1. The topological polar surface area (TPSA) is 89.6 Å². The molecule has 4 heterocycles. The molecular weight excluding hydrogens is 372 g/mol. The minimum atomic E-state index is -0.486. The highest BCUT2D eigenvalue weighted by Crippen LogP contribution is 2.30. The fourth-order valence-electron chi connectivity index (χ4n) is 2.92. The van der Waals surface area contributed by atoms with Crippen molar-refractivity contribution in [2.45, 2.75) is 32.8 Å². The van der Waals surface area contributed by atoms with Gasteiger partial charge in [0.2, 0.25) is 11.8 Å². The second-order valence-electron chi connectivity index (χ2n) is 7.53. The van der Waals surface area contributed by atoms with E-state index in [1.807, 2.05) is 45.2 Å². The maximum atomic E-state index is 12.0. The molecule has 4 rings (SSSR count). The molecule has 0 saturated carbocycles. The number of aromatic nitrogens is 3. The van der Waals surface area contributed by atoms with Crippen LogP contribution in [0.4, 0.5) is 10.5 Å². The molecule has 8 nitrogen and oxygen atoms in total. The van der Waals surface area contributed by atoms with E-state index in [0.717, 1.165) is 28.6 Å². The molecule has 3 aromatic heterocycles. The van der Waals surface area contributed by atoms with Gasteiger partial charge in [-0.1, -0.05) is 0 Å². The smallest absolute Gasteiger partial charge is 0.414 e. The molecule has 0 fully saturated rings. The fraction of sp³-hybridized carbons (Fsp3) is 0.381. The van der Waals surface area contributed by atoms with Crippen molar-refractivity contribution < 1.29 is 19.0 Å². The van der Waals surface area contributed by atoms with Crippen LogP contribution in [0.1, 0.15) is 26.3 Å². The van der Waals surface area contributed by atoms with Crippen LogP contribution in [0.25, 0.3) is 10.9 Å². The number of nitrogens with one attached hydrogen (secondary N) is 1. The third-order valence-corrected chi connectivity index (χ3v) is 4.28. The molecule has 8 heteroatoms. The Bertz CT molecular complexity index is 994. The summed E-state index contributed by atoms with van der Waals surface area (Å²) in [5.41, 5.74) is 2.42. The Morgan fingerprint density at radius 2 is 1.79 bits per heavy atom. The number of fused-ring (bicyclic) bond motifs is 2. The second-order valence-corrected chi connectivity index (χ2v) is 7.53. The van der Waals surface area contributed by atoms with E-state index in [-0.39, 0.29) is 6.09 Å². The molecule has 1 aliphatic heterocycles. The van der Waals surface area contributed by atoms with Crippen molar-refractivity contribution in [3.63, 3.8) is 0 Å². The standard InChI is InChI=1S/C13H18N2O3.C8H8N2O/c1-13(2,3)18-12(16)15-6-5-9-7-11(17-4)14-8-10(9)15;1-11-8-4-6-2-3-9-7(6)5-10-8/h7-8H,5-6H2,1-4H3;2-5,9H,1H3. The predicted molar refractivity (Wildman–Crippen MR) is 111 cm³/mol. The molecule has 0 atom stereocenters. The number of pyridine rings is 2. The van der Waals surface area contributed by atoms with Gasteiger partial charge in [0, 0.05) is 30.3 Å². The number of nitrogens with zero attached hydrogens (tertiary/aromatic N) is 3. The highest BCUT2D eigenvalue weighted by Gasteiger charge is 2.29. The summed E-state index contributed by atoms with van der Waals surface area (Å²) in [5.74, 6) is 1.22. The van der Waals surface area contributed by atoms with Gasteiger partial charge in [-0.25, -0.2) is 14.8 Å². The Balaban J connectivity index is 0.000000186. The van der Waals surface area contributed by atoms with Crippen molar-refractivity contribution in [3.8, 4) is 11.8 Å². The lowest BCUT2D eigenvalue weighted by Crippen LogP contribution is -2.35. The first-order valence-electron chi connectivity index (χ1n) is 9.31. The van der Waals surface area contributed by atoms with E-state index in [1.165, 1.54) is 0 Å². The maximum Gasteiger partial charge on any atom is 0.414 e. The predicted octanol–water partition coefficient (Wildman–Crippen LogP) is 3.96. The zero-order chi connectivity index (χ0) is 21.0. The minimum absolute atomic E-state index is 0.326. The molecule has 3 aromatic rings. The highest BCUT2D eigenvalue weighted by atomic mass is 16.6. The first-order valence-corrected chi connectivity index (χ1v) is 9.31. The van der Waals surface area contributed by atoms with Crippen LogP contribution in [0.3, 0.4) is 0 Å². The molecule has 154 valence electrons. The van der Waals surface area contributed by atoms with Gasteiger partial charge >= 0.3 is 6.09 Å². The summed E-state index contributed by atoms with van der Waals surface area (Å²) < 4.78 is 15.4. The normalized spacial score (nSPS) is 12.8. The van der Waals surface area contributed by atoms with E-state index in [9.17, 15) is 4.79 Å². The zero-order valence-corrected chi connectivity index (χ0v) is 17.4. The number of carbonyl (C=O) groups excluding carboxylic acids is 1. The lowest BCUT2D eigenvalue weighted by atomic mass is 10.2. The Morgan fingerprint density at radius 1 is 1.10 bits per heavy atom. The van der Waals surface area contributed by atoms with Crippen LogP contribution in [0.2, 0.25) is 0 Å². The van der Waals surface area contributed by atoms with Crippen molar-refractivity contribution in [2.24, 2.45) is 0 Å². The number of hydrogen-bond donors (Lipinski definition) is 1. The summed E-state index contributed by atoms with van der Waals surface area (Å²) in [4.78, 5) is 24.9. The molecular formula is C21H26N4O4. The lowest BCUT2D eigenvalue weighted by Gasteiger charge is -2.24. The number of amides is 1. The average Bonchev–Trinajstić information content (AvgIpc) is 3.32. The van der Waals surface area contributed by atoms with Gasteiger partial charge in [0.05, 0.1) is 37.8 Å². The molecule has 1 N–H and O–H groups in total. The molecule has 0 bridgehead atoms. The summed E-state index contributed by atoms with van der Waals surface area (Å²) in [6.45, 7) is 6.19. The van der Waals surface area contributed by atoms with Crippen LogP contribution < -0.4 is 14.4 Å². The molecule has 1 amide bonds. The van der Waals surface area contributed by atoms with Gasteiger partial charge in [0.1, 0.15) is 5.60 Å². The number of carbonyl (C=O) groups is 1. The Hall–Kier alpha value is -3.29. The SMILES string of the molecule is COc1cc2c(cn1)N(C(=O)OC(C)(C)C)CC2.COc1cc2cc[nH]c2cn1. The molecule has 0 spiro atoms. The van der Waals surface area contributed by atoms with Crippen LogP contribution >= 0.6 is 0 Å². The van der Waals surface area contributed by atoms with Crippen LogP contribution in [0, 0.1) is 0 Å². The first-order chi connectivity index (χ1) is 13.8. The first kappa shape index (κ1) is 20.4. The molecule has 0 unspecified atom stereocenters. The van der Waals surface area contributed by atoms with Crippen LogP contribution in [0.5, 0.6) is 11.8 Å². The summed E-state index contributed by atoms with van der Waals surface area (Å²) >= 11 is 0. The largest absolute Gasteiger partial charge is 0.481 e. The number of methoxy groups -OCH3 is 2. The van der Waals surface area contributed by atoms with Gasteiger partial charge < -0.3 is 19.2 Å². The molecule has 0 saturated heterocycles. The summed E-state index contributed by atoms with van der Waals surface area (Å²) in [6, 6.07) is 5.74. The summed E-state index contributed by atoms with van der Waals surface area (Å²) in [7, 11) is 3.19. The average molecular weight is 398 g/mol. The van der Waals surface area contributed by atoms with Gasteiger partial charge in [-0.3, -0.25) is 4.90 Å². The number of hydrogen-bond acceptors (Lipinski definition) is 6. The summed E-state index contributed by atoms with van der Waals surface area (Å²) in [5, 5.41) is 1.12. The highest BCUT2D eigenvalue weighted by molar-refractivity contribution is 5.90. The van der Waals surface area contributed by atoms with E-state index < -0.39 is 5.60 Å². The quantitative estimate of drug-likeness (QED) is 0.703. The zero-order valence-electron chi connectivity index (χ0n) is 17.4. The van der Waals surface area contributed by atoms with Gasteiger partial charge in [-0.15, -0.1) is 0 Å². The molecule has 0 aliphatic carbocycles. The maximum absolute atomic E-state index is 12.0. The number of H-pyrrole nitrogens is 1. The van der Waals surface area contributed by atoms with E-state index in [2.05, 4.69) is 15.0 Å². The van der Waals surface area contributed by atoms with E-state index >= 15 is 0 Å². The van der Waals surface area contributed by atoms with Crippen LogP contribution in [-0.4, -0.2) is 47.4 Å². The number of anilines is 1. The van der Waals surface area contributed by atoms with Crippen molar-refractivity contribution in [3.05, 3.63) is 42.4 Å². The van der Waals surface area contributed by atoms with Crippen molar-refractivity contribution in [2.75, 3.05) is 25.7 Å². The van der Waals surface area contributed by atoms with Gasteiger partial charge in [0.25, 0.3) is 0 Å². The Kier molecular flexibility index (Phi) is 5.91. The van der Waals surface area contributed by atoms with Crippen molar-refractivity contribution >= 4 is 22.7 Å². The Labute approximate surface area is 169 Å². The van der Waals surface area contributed by atoms with Crippen molar-refractivity contribution in [1.29, 1.82) is 0 Å². The molecule has 29 heavy (non-hydrogen) atoms. The second kappa shape index (κ2) is 8.38. The summed E-state index contributed by atoms with van der Waals surface area (Å²) in [6.07, 6.45) is 5.77. The van der Waals surface area contributed by atoms with Gasteiger partial charge in [-0.05, 0) is 38.8 Å². The lowest BCUT2D eigenvalue weighted by molar-refractivity contribution is 0.0584. The fourth-order valence-corrected chi connectivity index (χ4v) is 2.92. The van der Waals surface area contributed by atoms with Crippen LogP contribution in [0.15, 0.2) is 36.8 Å². The molecule has 1 aliphatic rings. The third-order valence-electron chi connectivity index (χ3n) is 4.28. The molecule has 0 radical (unpaired) electrons. The number of rotatable bonds is 2. The molecule has 0 aromatic carbocycles. The Morgan fingerprint density at radius 3 is 2.48 bits per heavy atom. The van der Waals surface area contributed by atoms with Gasteiger partial charge in [0.15, 0.2) is 0 Å². The monoisotopic (exact) mass is 398 g/mol. The van der Waals surface area contributed by atoms with E-state index in [4.69, 9.17) is 14.2 Å². The third kappa shape index (κ3) is 4.96. The van der Waals surface area contributed by atoms with Gasteiger partial charge in [-0.2, -0.15) is 0 Å². The van der Waals surface area contributed by atoms with Crippen molar-refractivity contribution in [1.82, 2.24) is 15.0 Å². The van der Waals surface area contributed by atoms with E-state index in [1.54, 1.807) is 31.5 Å².